The lowest BCUT2D eigenvalue weighted by atomic mass is 9.91. The molecule has 3 nitrogen and oxygen atoms in total. The zero-order chi connectivity index (χ0) is 14.4. The van der Waals surface area contributed by atoms with E-state index >= 15 is 0 Å². The van der Waals surface area contributed by atoms with Gasteiger partial charge in [-0.25, -0.2) is 0 Å². The topological polar surface area (TPSA) is 28.2 Å². The first-order valence-electron chi connectivity index (χ1n) is 8.06. The summed E-state index contributed by atoms with van der Waals surface area (Å²) in [5, 5.41) is 3.71. The number of aromatic nitrogens is 1. The molecule has 1 fully saturated rings. The molecule has 0 bridgehead atoms. The van der Waals surface area contributed by atoms with Gasteiger partial charge in [0.1, 0.15) is 0 Å². The summed E-state index contributed by atoms with van der Waals surface area (Å²) in [6.45, 7) is 11.5. The lowest BCUT2D eigenvalue weighted by Gasteiger charge is -2.36. The molecule has 2 heterocycles. The van der Waals surface area contributed by atoms with Gasteiger partial charge in [0.25, 0.3) is 0 Å². The molecule has 1 aliphatic rings. The molecule has 0 amide bonds. The van der Waals surface area contributed by atoms with Crippen molar-refractivity contribution in [1.29, 1.82) is 0 Å². The molecule has 0 spiro atoms. The highest BCUT2D eigenvalue weighted by atomic mass is 15.1. The van der Waals surface area contributed by atoms with E-state index in [1.807, 2.05) is 12.4 Å². The Kier molecular flexibility index (Phi) is 5.99. The molecule has 112 valence electrons. The Labute approximate surface area is 123 Å². The minimum absolute atomic E-state index is 0.578. The van der Waals surface area contributed by atoms with E-state index in [1.165, 1.54) is 50.0 Å². The van der Waals surface area contributed by atoms with Crippen molar-refractivity contribution >= 4 is 0 Å². The van der Waals surface area contributed by atoms with Crippen molar-refractivity contribution in [2.75, 3.05) is 19.6 Å². The Morgan fingerprint density at radius 1 is 1.50 bits per heavy atom. The van der Waals surface area contributed by atoms with Gasteiger partial charge in [-0.3, -0.25) is 4.98 Å². The maximum atomic E-state index is 4.22. The van der Waals surface area contributed by atoms with Gasteiger partial charge >= 0.3 is 0 Å². The van der Waals surface area contributed by atoms with Crippen LogP contribution in [0.15, 0.2) is 18.5 Å². The summed E-state index contributed by atoms with van der Waals surface area (Å²) in [6, 6.07) is 2.67. The molecule has 2 rings (SSSR count). The first kappa shape index (κ1) is 15.5. The van der Waals surface area contributed by atoms with E-state index in [4.69, 9.17) is 0 Å². The van der Waals surface area contributed by atoms with Crippen LogP contribution >= 0.6 is 0 Å². The standard InChI is InChI=1S/C17H29N3/c1-4-9-20-10-5-6-16(13-20)15(3)19-12-17-11-18-8-7-14(17)2/h7-8,11,15-16,19H,4-6,9-10,12-13H2,1-3H3. The average Bonchev–Trinajstić information content (AvgIpc) is 2.47. The van der Waals surface area contributed by atoms with Crippen molar-refractivity contribution in [2.24, 2.45) is 5.92 Å². The van der Waals surface area contributed by atoms with E-state index < -0.39 is 0 Å². The van der Waals surface area contributed by atoms with Crippen molar-refractivity contribution in [3.63, 3.8) is 0 Å². The largest absolute Gasteiger partial charge is 0.310 e. The Morgan fingerprint density at radius 3 is 3.10 bits per heavy atom. The normalized spacial score (nSPS) is 21.9. The number of rotatable bonds is 6. The van der Waals surface area contributed by atoms with E-state index in [0.717, 1.165) is 12.5 Å². The fourth-order valence-corrected chi connectivity index (χ4v) is 3.14. The van der Waals surface area contributed by atoms with E-state index in [9.17, 15) is 0 Å². The van der Waals surface area contributed by atoms with Crippen LogP contribution in [0.25, 0.3) is 0 Å². The van der Waals surface area contributed by atoms with Crippen molar-refractivity contribution in [3.8, 4) is 0 Å². The number of hydrogen-bond donors (Lipinski definition) is 1. The molecule has 1 aliphatic heterocycles. The van der Waals surface area contributed by atoms with Gasteiger partial charge in [0.2, 0.25) is 0 Å². The number of nitrogens with zero attached hydrogens (tertiary/aromatic N) is 2. The number of piperidine rings is 1. The van der Waals surface area contributed by atoms with Crippen molar-refractivity contribution in [2.45, 2.75) is 52.6 Å². The van der Waals surface area contributed by atoms with Crippen molar-refractivity contribution < 1.29 is 0 Å². The molecule has 0 aliphatic carbocycles. The summed E-state index contributed by atoms with van der Waals surface area (Å²) in [6.07, 6.45) is 7.83. The highest BCUT2D eigenvalue weighted by molar-refractivity contribution is 5.21. The number of likely N-dealkylation sites (tertiary alicyclic amines) is 1. The van der Waals surface area contributed by atoms with Gasteiger partial charge in [-0.1, -0.05) is 6.92 Å². The van der Waals surface area contributed by atoms with Crippen LogP contribution in [0.1, 0.15) is 44.2 Å². The van der Waals surface area contributed by atoms with Crippen LogP contribution in [0.2, 0.25) is 0 Å². The third kappa shape index (κ3) is 4.29. The van der Waals surface area contributed by atoms with Crippen LogP contribution in [-0.2, 0) is 6.54 Å². The molecule has 0 aromatic carbocycles. The molecule has 20 heavy (non-hydrogen) atoms. The van der Waals surface area contributed by atoms with Crippen LogP contribution in [0.3, 0.4) is 0 Å². The molecular formula is C17H29N3. The summed E-state index contributed by atoms with van der Waals surface area (Å²) >= 11 is 0. The SMILES string of the molecule is CCCN1CCCC(C(C)NCc2cnccc2C)C1. The second-order valence-corrected chi connectivity index (χ2v) is 6.17. The second kappa shape index (κ2) is 7.75. The van der Waals surface area contributed by atoms with Gasteiger partial charge in [-0.05, 0) is 69.3 Å². The summed E-state index contributed by atoms with van der Waals surface area (Å²) < 4.78 is 0. The van der Waals surface area contributed by atoms with Crippen LogP contribution in [0, 0.1) is 12.8 Å². The minimum atomic E-state index is 0.578. The Morgan fingerprint density at radius 2 is 2.35 bits per heavy atom. The number of pyridine rings is 1. The number of hydrogen-bond acceptors (Lipinski definition) is 3. The lowest BCUT2D eigenvalue weighted by Crippen LogP contribution is -2.44. The third-order valence-corrected chi connectivity index (χ3v) is 4.55. The minimum Gasteiger partial charge on any atom is -0.310 e. The monoisotopic (exact) mass is 275 g/mol. The summed E-state index contributed by atoms with van der Waals surface area (Å²) in [5.41, 5.74) is 2.65. The van der Waals surface area contributed by atoms with Crippen LogP contribution in [0.5, 0.6) is 0 Å². The summed E-state index contributed by atoms with van der Waals surface area (Å²) in [4.78, 5) is 6.85. The zero-order valence-electron chi connectivity index (χ0n) is 13.2. The molecule has 0 radical (unpaired) electrons. The first-order chi connectivity index (χ1) is 9.70. The van der Waals surface area contributed by atoms with Gasteiger partial charge in [0.05, 0.1) is 0 Å². The van der Waals surface area contributed by atoms with Crippen LogP contribution in [0.4, 0.5) is 0 Å². The third-order valence-electron chi connectivity index (χ3n) is 4.55. The average molecular weight is 275 g/mol. The Balaban J connectivity index is 1.82. The maximum absolute atomic E-state index is 4.22. The Bertz CT molecular complexity index is 403. The van der Waals surface area contributed by atoms with Crippen molar-refractivity contribution in [1.82, 2.24) is 15.2 Å². The highest BCUT2D eigenvalue weighted by Gasteiger charge is 2.23. The molecule has 0 saturated carbocycles. The molecule has 1 aromatic heterocycles. The number of aryl methyl sites for hydroxylation is 1. The Hall–Kier alpha value is -0.930. The molecule has 1 N–H and O–H groups in total. The van der Waals surface area contributed by atoms with Crippen molar-refractivity contribution in [3.05, 3.63) is 29.6 Å². The molecule has 2 atom stereocenters. The highest BCUT2D eigenvalue weighted by Crippen LogP contribution is 2.20. The van der Waals surface area contributed by atoms with E-state index in [0.29, 0.717) is 6.04 Å². The smallest absolute Gasteiger partial charge is 0.0315 e. The van der Waals surface area contributed by atoms with Gasteiger partial charge < -0.3 is 10.2 Å². The van der Waals surface area contributed by atoms with Gasteiger partial charge in [0.15, 0.2) is 0 Å². The lowest BCUT2D eigenvalue weighted by molar-refractivity contribution is 0.150. The van der Waals surface area contributed by atoms with E-state index in [2.05, 4.69) is 42.0 Å². The second-order valence-electron chi connectivity index (χ2n) is 6.17. The molecule has 1 saturated heterocycles. The van der Waals surface area contributed by atoms with Crippen LogP contribution < -0.4 is 5.32 Å². The van der Waals surface area contributed by atoms with Gasteiger partial charge in [-0.15, -0.1) is 0 Å². The van der Waals surface area contributed by atoms with Gasteiger partial charge in [-0.2, -0.15) is 0 Å². The molecule has 3 heteroatoms. The quantitative estimate of drug-likeness (QED) is 0.865. The molecule has 1 aromatic rings. The van der Waals surface area contributed by atoms with Gasteiger partial charge in [0, 0.05) is 31.5 Å². The summed E-state index contributed by atoms with van der Waals surface area (Å²) in [7, 11) is 0. The molecule has 2 unspecified atom stereocenters. The zero-order valence-corrected chi connectivity index (χ0v) is 13.2. The van der Waals surface area contributed by atoms with E-state index in [-0.39, 0.29) is 0 Å². The maximum Gasteiger partial charge on any atom is 0.0315 e. The van der Waals surface area contributed by atoms with Crippen LogP contribution in [-0.4, -0.2) is 35.6 Å². The fraction of sp³-hybridized carbons (Fsp3) is 0.706. The predicted octanol–water partition coefficient (Wildman–Crippen LogP) is 2.99. The number of nitrogens with one attached hydrogen (secondary N) is 1. The van der Waals surface area contributed by atoms with E-state index in [1.54, 1.807) is 0 Å². The fourth-order valence-electron chi connectivity index (χ4n) is 3.14. The first-order valence-corrected chi connectivity index (χ1v) is 8.06. The summed E-state index contributed by atoms with van der Waals surface area (Å²) in [5.74, 6) is 0.785. The molecular weight excluding hydrogens is 246 g/mol. The predicted molar refractivity (Wildman–Crippen MR) is 84.7 cm³/mol.